The van der Waals surface area contributed by atoms with Gasteiger partial charge in [0.2, 0.25) is 5.88 Å². The molecule has 53 heavy (non-hydrogen) atoms. The fraction of sp³-hybridized carbons (Fsp3) is 0.129. The molecule has 268 valence electrons. The summed E-state index contributed by atoms with van der Waals surface area (Å²) in [4.78, 5) is 37.6. The Morgan fingerprint density at radius 2 is 1.34 bits per heavy atom. The molecule has 0 spiro atoms. The molecular weight excluding hydrogens is 992 g/mol. The summed E-state index contributed by atoms with van der Waals surface area (Å²) in [5.41, 5.74) is -0.387. The summed E-state index contributed by atoms with van der Waals surface area (Å²) in [6.45, 7) is 3.17. The molecule has 0 saturated carbocycles. The fourth-order valence-corrected chi connectivity index (χ4v) is 7.20. The Kier molecular flexibility index (Phi) is 17.8. The third kappa shape index (κ3) is 11.4. The van der Waals surface area contributed by atoms with Crippen LogP contribution in [0.2, 0.25) is 0 Å². The van der Waals surface area contributed by atoms with Crippen molar-refractivity contribution in [2.75, 3.05) is 18.2 Å². The van der Waals surface area contributed by atoms with Gasteiger partial charge in [0, 0.05) is 7.14 Å². The molecule has 4 rings (SSSR count). The third-order valence-corrected chi connectivity index (χ3v) is 9.94. The van der Waals surface area contributed by atoms with Crippen LogP contribution in [-0.2, 0) is 39.3 Å². The fourth-order valence-electron chi connectivity index (χ4n) is 4.30. The number of rotatable bonds is 12. The number of esters is 2. The summed E-state index contributed by atoms with van der Waals surface area (Å²) in [7, 11) is -9.49. The summed E-state index contributed by atoms with van der Waals surface area (Å²) in [6, 6.07) is 6.72. The summed E-state index contributed by atoms with van der Waals surface area (Å²) < 4.78 is 80.0. The summed E-state index contributed by atoms with van der Waals surface area (Å²) in [5.74, 6) is -2.92. The zero-order valence-electron chi connectivity index (χ0n) is 28.2. The predicted molar refractivity (Wildman–Crippen MR) is 196 cm³/mol. The minimum absolute atomic E-state index is 0. The molecule has 0 atom stereocenters. The van der Waals surface area contributed by atoms with Gasteiger partial charge in [0.25, 0.3) is 5.91 Å². The number of hydrazone groups is 1. The van der Waals surface area contributed by atoms with Gasteiger partial charge in [-0.15, -0.1) is 0 Å². The average molecular weight is 1020 g/mol. The number of carbonyl (C=O) groups excluding carboxylic acids is 3. The van der Waals surface area contributed by atoms with Crippen LogP contribution in [0.1, 0.15) is 29.9 Å². The van der Waals surface area contributed by atoms with E-state index in [1.54, 1.807) is 59.0 Å². The van der Waals surface area contributed by atoms with Crippen LogP contribution in [0.3, 0.4) is 0 Å². The normalized spacial score (nSPS) is 14.2. The summed E-state index contributed by atoms with van der Waals surface area (Å²) >= 11 is 3.50. The van der Waals surface area contributed by atoms with Crippen molar-refractivity contribution in [3.63, 3.8) is 0 Å². The molecule has 22 heteroatoms. The summed E-state index contributed by atoms with van der Waals surface area (Å²) in [6.07, 6.45) is 10.1. The molecule has 1 aliphatic rings. The van der Waals surface area contributed by atoms with Crippen LogP contribution in [0, 0.1) is 7.14 Å². The van der Waals surface area contributed by atoms with E-state index >= 15 is 0 Å². The SMILES string of the molecule is CCOC(=O)C1=NN(c2ccc(S(=O)(=O)[O-])cc2[131I])C(=O)\C1=C/C=C/C=C/C=C/c1c(C(=O)OCC)nn(-c2ccc(S(=O)(=O)[O-])cc2[131I])c1O.[Na+].[Na+]. The average Bonchev–Trinajstić information content (AvgIpc) is 3.55. The number of ether oxygens (including phenoxy) is 2. The molecule has 0 unspecified atom stereocenters. The number of halogens is 2. The number of nitrogens with zero attached hydrogens (tertiary/aromatic N) is 4. The maximum Gasteiger partial charge on any atom is 1.00 e. The number of anilines is 1. The molecule has 1 amide bonds. The topological polar surface area (TPSA) is 238 Å². The van der Waals surface area contributed by atoms with Crippen molar-refractivity contribution in [1.29, 1.82) is 0 Å². The van der Waals surface area contributed by atoms with Crippen LogP contribution >= 0.6 is 45.2 Å². The van der Waals surface area contributed by atoms with Crippen molar-refractivity contribution in [3.05, 3.63) is 96.8 Å². The first kappa shape index (κ1) is 46.9. The number of allylic oxidation sites excluding steroid dienone is 6. The Hall–Kier alpha value is -2.23. The Labute approximate surface area is 375 Å². The summed E-state index contributed by atoms with van der Waals surface area (Å²) in [5, 5.41) is 20.1. The number of carbonyl (C=O) groups is 3. The molecule has 1 N–H and O–H groups in total. The van der Waals surface area contributed by atoms with Crippen LogP contribution in [0.15, 0.2) is 93.3 Å². The number of aromatic nitrogens is 2. The first-order valence-electron chi connectivity index (χ1n) is 14.3. The van der Waals surface area contributed by atoms with Crippen molar-refractivity contribution in [2.24, 2.45) is 5.10 Å². The zero-order valence-corrected chi connectivity index (χ0v) is 38.2. The Morgan fingerprint density at radius 1 is 0.830 bits per heavy atom. The van der Waals surface area contributed by atoms with Crippen LogP contribution in [0.25, 0.3) is 11.8 Å². The van der Waals surface area contributed by atoms with Gasteiger partial charge in [0.1, 0.15) is 20.2 Å². The van der Waals surface area contributed by atoms with Crippen LogP contribution < -0.4 is 64.1 Å². The molecule has 3 aromatic rings. The van der Waals surface area contributed by atoms with E-state index in [0.29, 0.717) is 0 Å². The van der Waals surface area contributed by atoms with Gasteiger partial charge >= 0.3 is 71.1 Å². The Morgan fingerprint density at radius 3 is 1.87 bits per heavy atom. The van der Waals surface area contributed by atoms with Crippen molar-refractivity contribution in [2.45, 2.75) is 23.6 Å². The molecule has 0 fully saturated rings. The van der Waals surface area contributed by atoms with Crippen molar-refractivity contribution >= 4 is 101 Å². The number of benzene rings is 2. The van der Waals surface area contributed by atoms with Crippen molar-refractivity contribution in [3.8, 4) is 11.6 Å². The first-order chi connectivity index (χ1) is 24.0. The second-order valence-electron chi connectivity index (χ2n) is 9.85. The predicted octanol–water partition coefficient (Wildman–Crippen LogP) is -2.20. The van der Waals surface area contributed by atoms with E-state index in [9.17, 15) is 45.4 Å². The molecule has 0 bridgehead atoms. The first-order valence-corrected chi connectivity index (χ1v) is 19.3. The number of hydrogen-bond donors (Lipinski definition) is 1. The molecule has 1 aliphatic heterocycles. The maximum absolute atomic E-state index is 13.3. The largest absolute Gasteiger partial charge is 1.00 e. The molecule has 0 aliphatic carbocycles. The van der Waals surface area contributed by atoms with E-state index < -0.39 is 53.8 Å². The van der Waals surface area contributed by atoms with Crippen LogP contribution in [-0.4, -0.2) is 77.6 Å². The van der Waals surface area contributed by atoms with Crippen molar-refractivity contribution < 1.29 is 114 Å². The van der Waals surface area contributed by atoms with Gasteiger partial charge in [-0.1, -0.05) is 30.4 Å². The molecule has 16 nitrogen and oxygen atoms in total. The number of hydrogen-bond acceptors (Lipinski definition) is 14. The van der Waals surface area contributed by atoms with E-state index in [1.807, 2.05) is 0 Å². The monoisotopic (exact) mass is 1020 g/mol. The van der Waals surface area contributed by atoms with Crippen LogP contribution in [0.4, 0.5) is 5.69 Å². The molecule has 0 saturated heterocycles. The van der Waals surface area contributed by atoms with Gasteiger partial charge in [-0.3, -0.25) is 4.79 Å². The standard InChI is InChI=1S/C31H26I2N4O12S2.2Na/c1-3-48-30(40)26-20(28(38)36(34-26)24-14-12-18(16-22(24)32)50(42,43)44)10-8-6-5-7-9-11-21-27(31(41)49-4-2)35-37(29(21)39)25-15-13-19(17-23(25)33)51(45,46)47;;/h5-17,38H,3-4H2,1-2H3,(H,42,43,44)(H,45,46,47);;/q;2*+1/p-2/b6-5+,9-7+,10-8+,21-11-;;/i32+4,33+4;;. The van der Waals surface area contributed by atoms with Gasteiger partial charge in [-0.25, -0.2) is 26.4 Å². The number of amides is 1. The Bertz CT molecular complexity index is 2310. The van der Waals surface area contributed by atoms with Crippen molar-refractivity contribution in [1.82, 2.24) is 9.78 Å². The zero-order chi connectivity index (χ0) is 37.7. The quantitative estimate of drug-likeness (QED) is 0.0507. The molecular formula is C31H24I2N4Na2O12S2. The van der Waals surface area contributed by atoms with E-state index in [-0.39, 0.29) is 113 Å². The van der Waals surface area contributed by atoms with Gasteiger partial charge in [0.15, 0.2) is 11.4 Å². The minimum Gasteiger partial charge on any atom is -0.744 e. The van der Waals surface area contributed by atoms with Gasteiger partial charge < -0.3 is 23.7 Å². The molecule has 2 aromatic carbocycles. The molecule has 2 heterocycles. The smallest absolute Gasteiger partial charge is 0.744 e. The molecule has 1 aromatic heterocycles. The van der Waals surface area contributed by atoms with E-state index in [1.165, 1.54) is 54.7 Å². The molecule has 0 radical (unpaired) electrons. The Balaban J connectivity index is 0.00000486. The van der Waals surface area contributed by atoms with E-state index in [2.05, 4.69) is 10.2 Å². The minimum atomic E-state index is -4.75. The van der Waals surface area contributed by atoms with E-state index in [0.717, 1.165) is 34.0 Å². The number of aromatic hydroxyl groups is 1. The van der Waals surface area contributed by atoms with Gasteiger partial charge in [-0.05, 0) is 108 Å². The van der Waals surface area contributed by atoms with Crippen LogP contribution in [0.5, 0.6) is 5.88 Å². The second kappa shape index (κ2) is 20.1. The maximum atomic E-state index is 13.3. The van der Waals surface area contributed by atoms with E-state index in [4.69, 9.17) is 9.47 Å². The second-order valence-corrected chi connectivity index (χ2v) is 14.9. The third-order valence-electron chi connectivity index (χ3n) is 6.55. The van der Waals surface area contributed by atoms with Gasteiger partial charge in [0.05, 0.1) is 45.5 Å². The van der Waals surface area contributed by atoms with Gasteiger partial charge in [-0.2, -0.15) is 19.9 Å².